The summed E-state index contributed by atoms with van der Waals surface area (Å²) in [6.07, 6.45) is 6.84. The molecule has 0 spiro atoms. The Kier molecular flexibility index (Phi) is 5.74. The van der Waals surface area contributed by atoms with Crippen molar-refractivity contribution in [3.05, 3.63) is 72.8 Å². The van der Waals surface area contributed by atoms with E-state index >= 15 is 0 Å². The molecule has 7 rings (SSSR count). The number of methoxy groups -OCH3 is 1. The number of alkyl halides is 2. The Morgan fingerprint density at radius 1 is 0.950 bits per heavy atom. The third-order valence-electron chi connectivity index (χ3n) is 7.15. The fraction of sp³-hybridized carbons (Fsp3) is 0.207. The van der Waals surface area contributed by atoms with Gasteiger partial charge in [0.1, 0.15) is 11.3 Å². The van der Waals surface area contributed by atoms with Crippen molar-refractivity contribution in [2.45, 2.75) is 18.9 Å². The van der Waals surface area contributed by atoms with Gasteiger partial charge in [-0.05, 0) is 41.5 Å². The van der Waals surface area contributed by atoms with Crippen LogP contribution in [0.2, 0.25) is 0 Å². The van der Waals surface area contributed by atoms with Gasteiger partial charge < -0.3 is 9.72 Å². The second kappa shape index (κ2) is 9.45. The minimum absolute atomic E-state index is 0.111. The first-order chi connectivity index (χ1) is 19.5. The number of nitrogens with zero attached hydrogens (tertiary/aromatic N) is 6. The van der Waals surface area contributed by atoms with Crippen LogP contribution >= 0.6 is 0 Å². The number of nitrogens with one attached hydrogen (secondary N) is 2. The number of aromatic nitrogens is 7. The number of hydrogen-bond acceptors (Lipinski definition) is 7. The zero-order valence-electron chi connectivity index (χ0n) is 21.5. The Morgan fingerprint density at radius 2 is 1.85 bits per heavy atom. The van der Waals surface area contributed by atoms with Crippen molar-refractivity contribution in [2.75, 3.05) is 20.2 Å². The Labute approximate surface area is 227 Å². The first kappa shape index (κ1) is 24.3. The van der Waals surface area contributed by atoms with E-state index in [9.17, 15) is 8.78 Å². The van der Waals surface area contributed by atoms with Crippen molar-refractivity contribution in [3.63, 3.8) is 0 Å². The second-order valence-corrected chi connectivity index (χ2v) is 9.96. The Morgan fingerprint density at radius 3 is 2.70 bits per heavy atom. The molecule has 0 radical (unpaired) electrons. The molecule has 9 nitrogen and oxygen atoms in total. The van der Waals surface area contributed by atoms with Gasteiger partial charge in [0.15, 0.2) is 11.5 Å². The van der Waals surface area contributed by atoms with Gasteiger partial charge in [-0.2, -0.15) is 5.10 Å². The first-order valence-corrected chi connectivity index (χ1v) is 12.8. The highest BCUT2D eigenvalue weighted by Gasteiger charge is 2.37. The van der Waals surface area contributed by atoms with Crippen LogP contribution in [-0.4, -0.2) is 66.1 Å². The number of benzene rings is 1. The first-order valence-electron chi connectivity index (χ1n) is 12.8. The van der Waals surface area contributed by atoms with Gasteiger partial charge in [-0.15, -0.1) is 0 Å². The number of halogens is 2. The number of rotatable bonds is 6. The summed E-state index contributed by atoms with van der Waals surface area (Å²) in [6.45, 7) is 0.553. The van der Waals surface area contributed by atoms with E-state index in [2.05, 4.69) is 25.1 Å². The van der Waals surface area contributed by atoms with Gasteiger partial charge >= 0.3 is 0 Å². The molecule has 0 bridgehead atoms. The summed E-state index contributed by atoms with van der Waals surface area (Å²) in [4.78, 5) is 23.6. The lowest BCUT2D eigenvalue weighted by Gasteiger charge is -2.15. The molecule has 0 amide bonds. The SMILES string of the molecule is COc1cccc(-c2cncc3[nH]c(-c4n[nH]c5ccc(-c6cncc(CN7CCC(F)(F)C7)c6)nc45)nc23)c1. The van der Waals surface area contributed by atoms with E-state index in [1.165, 1.54) is 0 Å². The third-order valence-corrected chi connectivity index (χ3v) is 7.15. The molecule has 0 atom stereocenters. The highest BCUT2D eigenvalue weighted by Crippen LogP contribution is 2.33. The lowest BCUT2D eigenvalue weighted by Crippen LogP contribution is -2.24. The van der Waals surface area contributed by atoms with Crippen molar-refractivity contribution in [3.8, 4) is 39.7 Å². The maximum absolute atomic E-state index is 13.7. The summed E-state index contributed by atoms with van der Waals surface area (Å²) in [5, 5.41) is 7.55. The fourth-order valence-electron chi connectivity index (χ4n) is 5.19. The van der Waals surface area contributed by atoms with E-state index in [4.69, 9.17) is 14.7 Å². The average Bonchev–Trinajstić information content (AvgIpc) is 3.68. The van der Waals surface area contributed by atoms with Crippen LogP contribution in [0.5, 0.6) is 5.75 Å². The average molecular weight is 539 g/mol. The molecule has 1 fully saturated rings. The monoisotopic (exact) mass is 538 g/mol. The summed E-state index contributed by atoms with van der Waals surface area (Å²) in [7, 11) is 1.63. The van der Waals surface area contributed by atoms with Gasteiger partial charge in [-0.1, -0.05) is 12.1 Å². The Bertz CT molecular complexity index is 1860. The number of hydrogen-bond donors (Lipinski definition) is 2. The van der Waals surface area contributed by atoms with E-state index in [1.54, 1.807) is 36.8 Å². The van der Waals surface area contributed by atoms with E-state index in [1.807, 2.05) is 42.5 Å². The largest absolute Gasteiger partial charge is 0.497 e. The van der Waals surface area contributed by atoms with E-state index in [0.717, 1.165) is 44.6 Å². The maximum Gasteiger partial charge on any atom is 0.261 e. The number of pyridine rings is 3. The van der Waals surface area contributed by atoms with Crippen LogP contribution in [0.15, 0.2) is 67.3 Å². The number of aromatic amines is 2. The van der Waals surface area contributed by atoms with Crippen molar-refractivity contribution in [1.82, 2.24) is 40.0 Å². The quantitative estimate of drug-likeness (QED) is 0.289. The molecule has 2 N–H and O–H groups in total. The number of H-pyrrole nitrogens is 2. The molecule has 1 saturated heterocycles. The highest BCUT2D eigenvalue weighted by molar-refractivity contribution is 5.95. The molecule has 0 aliphatic carbocycles. The molecular formula is C29H24F2N8O. The lowest BCUT2D eigenvalue weighted by molar-refractivity contribution is 0.0115. The van der Waals surface area contributed by atoms with Gasteiger partial charge in [0, 0.05) is 49.2 Å². The second-order valence-electron chi connectivity index (χ2n) is 9.96. The Hall–Kier alpha value is -4.77. The smallest absolute Gasteiger partial charge is 0.261 e. The zero-order chi connectivity index (χ0) is 27.3. The van der Waals surface area contributed by atoms with Crippen LogP contribution in [0.3, 0.4) is 0 Å². The van der Waals surface area contributed by atoms with Crippen molar-refractivity contribution >= 4 is 22.1 Å². The number of ether oxygens (including phenoxy) is 1. The van der Waals surface area contributed by atoms with Gasteiger partial charge in [-0.3, -0.25) is 20.0 Å². The number of imidazole rings is 1. The zero-order valence-corrected chi connectivity index (χ0v) is 21.5. The fourth-order valence-corrected chi connectivity index (χ4v) is 5.19. The van der Waals surface area contributed by atoms with Crippen LogP contribution < -0.4 is 4.74 Å². The van der Waals surface area contributed by atoms with Crippen molar-refractivity contribution < 1.29 is 13.5 Å². The normalized spacial score (nSPS) is 15.3. The van der Waals surface area contributed by atoms with Crippen molar-refractivity contribution in [1.29, 1.82) is 0 Å². The summed E-state index contributed by atoms with van der Waals surface area (Å²) < 4.78 is 32.7. The van der Waals surface area contributed by atoms with Gasteiger partial charge in [-0.25, -0.2) is 18.7 Å². The molecular weight excluding hydrogens is 514 g/mol. The van der Waals surface area contributed by atoms with Crippen LogP contribution in [-0.2, 0) is 6.54 Å². The predicted octanol–water partition coefficient (Wildman–Crippen LogP) is 5.47. The molecule has 6 aromatic rings. The topological polar surface area (TPSA) is 108 Å². The van der Waals surface area contributed by atoms with E-state index in [0.29, 0.717) is 35.8 Å². The molecule has 0 unspecified atom stereocenters. The van der Waals surface area contributed by atoms with Crippen molar-refractivity contribution in [2.24, 2.45) is 0 Å². The number of fused-ring (bicyclic) bond motifs is 2. The molecule has 5 aromatic heterocycles. The van der Waals surface area contributed by atoms with E-state index < -0.39 is 5.92 Å². The third kappa shape index (κ3) is 4.43. The van der Waals surface area contributed by atoms with Crippen LogP contribution in [0, 0.1) is 0 Å². The standard InChI is InChI=1S/C29H24F2N8O/c1-40-20-4-2-3-18(10-20)21-13-33-14-24-25(21)36-28(35-24)27-26-23(37-38-27)6-5-22(34-26)19-9-17(11-32-12-19)15-39-8-7-29(30,31)16-39/h2-6,9-14H,7-8,15-16H2,1H3,(H,35,36)(H,37,38). The van der Waals surface area contributed by atoms with Crippen LogP contribution in [0.25, 0.3) is 56.0 Å². The maximum atomic E-state index is 13.7. The summed E-state index contributed by atoms with van der Waals surface area (Å²) >= 11 is 0. The predicted molar refractivity (Wildman–Crippen MR) is 147 cm³/mol. The lowest BCUT2D eigenvalue weighted by atomic mass is 10.1. The summed E-state index contributed by atoms with van der Waals surface area (Å²) in [5.41, 5.74) is 7.68. The van der Waals surface area contributed by atoms with Gasteiger partial charge in [0.05, 0.1) is 42.1 Å². The molecule has 11 heteroatoms. The molecule has 0 saturated carbocycles. The summed E-state index contributed by atoms with van der Waals surface area (Å²) in [6, 6.07) is 13.5. The van der Waals surface area contributed by atoms with E-state index in [-0.39, 0.29) is 13.0 Å². The van der Waals surface area contributed by atoms with Gasteiger partial charge in [0.25, 0.3) is 5.92 Å². The summed E-state index contributed by atoms with van der Waals surface area (Å²) in [5.74, 6) is -1.32. The van der Waals surface area contributed by atoms with Crippen LogP contribution in [0.4, 0.5) is 8.78 Å². The highest BCUT2D eigenvalue weighted by atomic mass is 19.3. The molecule has 1 aliphatic rings. The molecule has 6 heterocycles. The molecule has 40 heavy (non-hydrogen) atoms. The number of likely N-dealkylation sites (tertiary alicyclic amines) is 1. The molecule has 1 aliphatic heterocycles. The van der Waals surface area contributed by atoms with Crippen LogP contribution in [0.1, 0.15) is 12.0 Å². The molecule has 200 valence electrons. The minimum Gasteiger partial charge on any atom is -0.497 e. The minimum atomic E-state index is -2.63. The van der Waals surface area contributed by atoms with Gasteiger partial charge in [0.2, 0.25) is 0 Å². The molecule has 1 aromatic carbocycles. The Balaban J connectivity index is 1.24.